The number of nitrogens with two attached hydrogens (primary N) is 1. The van der Waals surface area contributed by atoms with E-state index >= 15 is 0 Å². The fraction of sp³-hybridized carbons (Fsp3) is 0.259. The highest BCUT2D eigenvalue weighted by atomic mass is 16.5. The normalized spacial score (nSPS) is 15.2. The smallest absolute Gasteiger partial charge is 0.253 e. The number of aromatic nitrogens is 3. The van der Waals surface area contributed by atoms with Gasteiger partial charge in [0.1, 0.15) is 18.1 Å². The predicted molar refractivity (Wildman–Crippen MR) is 137 cm³/mol. The molecule has 2 aromatic heterocycles. The molecule has 6 rings (SSSR count). The van der Waals surface area contributed by atoms with Crippen LogP contribution in [0, 0.1) is 0 Å². The van der Waals surface area contributed by atoms with Gasteiger partial charge >= 0.3 is 0 Å². The Bertz CT molecular complexity index is 1370. The quantitative estimate of drug-likeness (QED) is 0.360. The summed E-state index contributed by atoms with van der Waals surface area (Å²) in [6.45, 7) is 2.49. The van der Waals surface area contributed by atoms with Crippen molar-refractivity contribution in [3.05, 3.63) is 66.4 Å². The van der Waals surface area contributed by atoms with E-state index in [1.807, 2.05) is 36.4 Å². The molecule has 6 bridgehead atoms. The van der Waals surface area contributed by atoms with E-state index in [0.717, 1.165) is 11.1 Å². The zero-order valence-corrected chi connectivity index (χ0v) is 20.4. The maximum atomic E-state index is 12.8. The standard InChI is InChI=1S/C27H27N5O5/c1-32-10-11-34-12-13-35-14-15-36-23-5-3-2-4-20(23)21-16-24(37-31-21)25-26(28)29-17-22(30-25)18-6-8-19(9-7-18)27(32)33/h2-9,16-17H,10-15H2,1H3,(H2,28,29). The molecule has 4 heterocycles. The van der Waals surface area contributed by atoms with E-state index < -0.39 is 0 Å². The second-order valence-electron chi connectivity index (χ2n) is 8.44. The van der Waals surface area contributed by atoms with E-state index in [-0.39, 0.29) is 11.7 Å². The molecule has 0 unspecified atom stereocenters. The van der Waals surface area contributed by atoms with E-state index in [9.17, 15) is 4.79 Å². The van der Waals surface area contributed by atoms with Crippen molar-refractivity contribution in [2.75, 3.05) is 52.4 Å². The van der Waals surface area contributed by atoms with Crippen molar-refractivity contribution in [3.63, 3.8) is 0 Å². The Morgan fingerprint density at radius 3 is 2.46 bits per heavy atom. The largest absolute Gasteiger partial charge is 0.490 e. The zero-order chi connectivity index (χ0) is 25.6. The average molecular weight is 502 g/mol. The Balaban J connectivity index is 1.48. The lowest BCUT2D eigenvalue weighted by Gasteiger charge is -2.17. The summed E-state index contributed by atoms with van der Waals surface area (Å²) >= 11 is 0. The molecule has 1 amide bonds. The number of nitrogens with zero attached hydrogens (tertiary/aromatic N) is 4. The van der Waals surface area contributed by atoms with Crippen molar-refractivity contribution in [1.29, 1.82) is 0 Å². The van der Waals surface area contributed by atoms with Crippen LogP contribution in [0.25, 0.3) is 34.0 Å². The van der Waals surface area contributed by atoms with Gasteiger partial charge < -0.3 is 29.4 Å². The van der Waals surface area contributed by atoms with Crippen LogP contribution in [-0.2, 0) is 9.47 Å². The first-order valence-corrected chi connectivity index (χ1v) is 11.9. The maximum absolute atomic E-state index is 12.8. The van der Waals surface area contributed by atoms with Crippen LogP contribution in [0.1, 0.15) is 10.4 Å². The molecule has 0 fully saturated rings. The van der Waals surface area contributed by atoms with Gasteiger partial charge in [-0.15, -0.1) is 0 Å². The van der Waals surface area contributed by atoms with E-state index in [0.29, 0.717) is 73.7 Å². The van der Waals surface area contributed by atoms with E-state index in [1.54, 1.807) is 36.3 Å². The molecule has 0 saturated heterocycles. The molecule has 2 N–H and O–H groups in total. The fourth-order valence-corrected chi connectivity index (χ4v) is 3.88. The topological polar surface area (TPSA) is 126 Å². The SMILES string of the molecule is CN1CCOCCOCCOc2ccccc2-c2cc(on2)-c2nc(cnc2N)-c2ccc(cc2)C1=O. The number of fused-ring (bicyclic) bond motifs is 12. The Hall–Kier alpha value is -4.28. The van der Waals surface area contributed by atoms with E-state index in [4.69, 9.17) is 24.5 Å². The van der Waals surface area contributed by atoms with Gasteiger partial charge in [-0.05, 0) is 24.3 Å². The van der Waals surface area contributed by atoms with Gasteiger partial charge in [0.25, 0.3) is 5.91 Å². The van der Waals surface area contributed by atoms with Crippen LogP contribution in [0.3, 0.4) is 0 Å². The molecule has 4 aromatic rings. The van der Waals surface area contributed by atoms with Gasteiger partial charge in [-0.2, -0.15) is 0 Å². The molecule has 0 aliphatic carbocycles. The summed E-state index contributed by atoms with van der Waals surface area (Å²) in [7, 11) is 1.75. The monoisotopic (exact) mass is 501 g/mol. The molecule has 2 aliphatic rings. The second kappa shape index (κ2) is 11.2. The Morgan fingerprint density at radius 2 is 1.62 bits per heavy atom. The third-order valence-corrected chi connectivity index (χ3v) is 5.91. The van der Waals surface area contributed by atoms with Crippen molar-refractivity contribution in [2.24, 2.45) is 0 Å². The number of hydrogen-bond acceptors (Lipinski definition) is 9. The molecule has 2 aromatic carbocycles. The third-order valence-electron chi connectivity index (χ3n) is 5.91. The van der Waals surface area contributed by atoms with Gasteiger partial charge in [0, 0.05) is 36.3 Å². The number of rotatable bonds is 0. The van der Waals surface area contributed by atoms with Crippen LogP contribution in [0.5, 0.6) is 5.75 Å². The first kappa shape index (κ1) is 24.4. The summed E-state index contributed by atoms with van der Waals surface area (Å²) in [6.07, 6.45) is 1.59. The number of anilines is 1. The van der Waals surface area contributed by atoms with Crippen molar-refractivity contribution in [2.45, 2.75) is 0 Å². The number of amides is 1. The zero-order valence-electron chi connectivity index (χ0n) is 20.4. The summed E-state index contributed by atoms with van der Waals surface area (Å²) < 4.78 is 22.8. The number of carbonyl (C=O) groups is 1. The van der Waals surface area contributed by atoms with Crippen LogP contribution < -0.4 is 10.5 Å². The van der Waals surface area contributed by atoms with Gasteiger partial charge in [-0.1, -0.05) is 29.4 Å². The summed E-state index contributed by atoms with van der Waals surface area (Å²) in [4.78, 5) is 23.4. The number of carbonyl (C=O) groups excluding carboxylic acids is 1. The van der Waals surface area contributed by atoms with Gasteiger partial charge in [-0.3, -0.25) is 4.79 Å². The average Bonchev–Trinajstić information content (AvgIpc) is 3.41. The van der Waals surface area contributed by atoms with E-state index in [1.165, 1.54) is 0 Å². The Morgan fingerprint density at radius 1 is 0.892 bits per heavy atom. The lowest BCUT2D eigenvalue weighted by Crippen LogP contribution is -2.30. The van der Waals surface area contributed by atoms with Gasteiger partial charge in [0.2, 0.25) is 0 Å². The molecule has 0 radical (unpaired) electrons. The minimum Gasteiger partial charge on any atom is -0.490 e. The molecule has 10 heteroatoms. The molecule has 10 nitrogen and oxygen atoms in total. The number of nitrogen functional groups attached to an aromatic ring is 1. The number of benzene rings is 2. The lowest BCUT2D eigenvalue weighted by atomic mass is 10.1. The first-order valence-electron chi connectivity index (χ1n) is 11.9. The highest BCUT2D eigenvalue weighted by molar-refractivity contribution is 5.94. The number of likely N-dealkylation sites (N-methyl/N-ethyl adjacent to an activating group) is 1. The molecule has 190 valence electrons. The van der Waals surface area contributed by atoms with Gasteiger partial charge in [0.05, 0.1) is 38.3 Å². The number of ether oxygens (including phenoxy) is 3. The maximum Gasteiger partial charge on any atom is 0.253 e. The van der Waals surface area contributed by atoms with Crippen molar-refractivity contribution >= 4 is 11.7 Å². The molecule has 2 aliphatic heterocycles. The minimum absolute atomic E-state index is 0.0974. The number of hydrogen-bond donors (Lipinski definition) is 1. The third kappa shape index (κ3) is 5.60. The molecule has 0 spiro atoms. The van der Waals surface area contributed by atoms with Crippen LogP contribution in [0.15, 0.2) is 65.3 Å². The van der Waals surface area contributed by atoms with E-state index in [2.05, 4.69) is 15.1 Å². The summed E-state index contributed by atoms with van der Waals surface area (Å²) in [5.74, 6) is 1.15. The molecule has 37 heavy (non-hydrogen) atoms. The van der Waals surface area contributed by atoms with Crippen LogP contribution in [0.4, 0.5) is 5.82 Å². The van der Waals surface area contributed by atoms with Gasteiger partial charge in [0.15, 0.2) is 17.3 Å². The van der Waals surface area contributed by atoms with Crippen LogP contribution in [-0.4, -0.2) is 72.6 Å². The van der Waals surface area contributed by atoms with Crippen molar-refractivity contribution in [3.8, 4) is 39.7 Å². The summed E-state index contributed by atoms with van der Waals surface area (Å²) in [5, 5.41) is 4.22. The van der Waals surface area contributed by atoms with Crippen molar-refractivity contribution in [1.82, 2.24) is 20.0 Å². The molecular weight excluding hydrogens is 474 g/mol. The fourth-order valence-electron chi connectivity index (χ4n) is 3.88. The minimum atomic E-state index is -0.0974. The molecule has 0 saturated carbocycles. The Kier molecular flexibility index (Phi) is 7.38. The predicted octanol–water partition coefficient (Wildman–Crippen LogP) is 3.55. The lowest BCUT2D eigenvalue weighted by molar-refractivity contribution is 0.0301. The molecule has 0 atom stereocenters. The summed E-state index contributed by atoms with van der Waals surface area (Å²) in [5.41, 5.74) is 9.81. The highest BCUT2D eigenvalue weighted by Crippen LogP contribution is 2.33. The highest BCUT2D eigenvalue weighted by Gasteiger charge is 2.18. The van der Waals surface area contributed by atoms with Crippen LogP contribution >= 0.6 is 0 Å². The summed E-state index contributed by atoms with van der Waals surface area (Å²) in [6, 6.07) is 16.5. The van der Waals surface area contributed by atoms with Crippen molar-refractivity contribution < 1.29 is 23.5 Å². The Labute approximate surface area is 214 Å². The van der Waals surface area contributed by atoms with Crippen LogP contribution in [0.2, 0.25) is 0 Å². The molecular formula is C27H27N5O5. The van der Waals surface area contributed by atoms with Gasteiger partial charge in [-0.25, -0.2) is 9.97 Å². The first-order chi connectivity index (χ1) is 18.1. The second-order valence-corrected chi connectivity index (χ2v) is 8.44. The number of para-hydroxylation sites is 1.